The van der Waals surface area contributed by atoms with Crippen LogP contribution in [0.3, 0.4) is 0 Å². The van der Waals surface area contributed by atoms with Gasteiger partial charge in [0.15, 0.2) is 0 Å². The fourth-order valence-electron chi connectivity index (χ4n) is 3.08. The summed E-state index contributed by atoms with van der Waals surface area (Å²) in [6, 6.07) is 7.67. The Morgan fingerprint density at radius 3 is 2.70 bits per heavy atom. The second-order valence-corrected chi connectivity index (χ2v) is 6.12. The van der Waals surface area contributed by atoms with E-state index in [1.807, 2.05) is 23.1 Å². The van der Waals surface area contributed by atoms with Gasteiger partial charge in [0.2, 0.25) is 5.91 Å². The van der Waals surface area contributed by atoms with Gasteiger partial charge in [0, 0.05) is 30.9 Å². The zero-order valence-electron chi connectivity index (χ0n) is 13.1. The van der Waals surface area contributed by atoms with Crippen LogP contribution in [-0.4, -0.2) is 40.1 Å². The average molecular weight is 314 g/mol. The maximum absolute atomic E-state index is 12.2. The van der Waals surface area contributed by atoms with Crippen LogP contribution in [0.5, 0.6) is 0 Å². The molecular weight excluding hydrogens is 292 g/mol. The first-order valence-corrected chi connectivity index (χ1v) is 8.15. The molecule has 0 saturated carbocycles. The molecule has 1 aliphatic heterocycles. The van der Waals surface area contributed by atoms with Gasteiger partial charge in [-0.15, -0.1) is 0 Å². The Hall–Kier alpha value is -2.21. The van der Waals surface area contributed by atoms with Crippen molar-refractivity contribution in [3.63, 3.8) is 0 Å². The third-order valence-electron chi connectivity index (χ3n) is 4.47. The van der Waals surface area contributed by atoms with E-state index in [2.05, 4.69) is 10.2 Å². The molecule has 3 rings (SSSR count). The summed E-state index contributed by atoms with van der Waals surface area (Å²) in [5, 5.41) is 8.20. The minimum Gasteiger partial charge on any atom is -0.343 e. The lowest BCUT2D eigenvalue weighted by Gasteiger charge is -2.30. The lowest BCUT2D eigenvalue weighted by molar-refractivity contribution is -0.132. The Labute approximate surface area is 134 Å². The summed E-state index contributed by atoms with van der Waals surface area (Å²) in [4.78, 5) is 25.9. The summed E-state index contributed by atoms with van der Waals surface area (Å²) < 4.78 is 0. The number of nitrogens with two attached hydrogens (primary N) is 1. The number of amides is 1. The van der Waals surface area contributed by atoms with Crippen LogP contribution < -0.4 is 11.3 Å². The van der Waals surface area contributed by atoms with Crippen molar-refractivity contribution in [2.45, 2.75) is 38.1 Å². The fourth-order valence-corrected chi connectivity index (χ4v) is 3.08. The maximum atomic E-state index is 12.2. The van der Waals surface area contributed by atoms with Crippen molar-refractivity contribution in [3.8, 4) is 0 Å². The van der Waals surface area contributed by atoms with Gasteiger partial charge in [0.25, 0.3) is 5.56 Å². The lowest BCUT2D eigenvalue weighted by atomic mass is 10.0. The van der Waals surface area contributed by atoms with Crippen LogP contribution in [0.25, 0.3) is 10.8 Å². The molecular formula is C17H22N4O2. The summed E-state index contributed by atoms with van der Waals surface area (Å²) in [5.74, 6) is 0.186. The fraction of sp³-hybridized carbons (Fsp3) is 0.471. The highest BCUT2D eigenvalue weighted by molar-refractivity contribution is 5.83. The summed E-state index contributed by atoms with van der Waals surface area (Å²) in [6.45, 7) is 1.53. The molecule has 0 unspecified atom stereocenters. The molecule has 1 fully saturated rings. The van der Waals surface area contributed by atoms with E-state index >= 15 is 0 Å². The van der Waals surface area contributed by atoms with E-state index in [4.69, 9.17) is 5.73 Å². The van der Waals surface area contributed by atoms with E-state index in [0.717, 1.165) is 43.4 Å². The van der Waals surface area contributed by atoms with Crippen molar-refractivity contribution < 1.29 is 4.79 Å². The number of carbonyl (C=O) groups excluding carboxylic acids is 1. The zero-order valence-corrected chi connectivity index (χ0v) is 13.1. The molecule has 1 aromatic carbocycles. The van der Waals surface area contributed by atoms with Crippen LogP contribution >= 0.6 is 0 Å². The highest BCUT2D eigenvalue weighted by Gasteiger charge is 2.20. The first kappa shape index (κ1) is 15.7. The Morgan fingerprint density at radius 1 is 1.26 bits per heavy atom. The predicted molar refractivity (Wildman–Crippen MR) is 89.1 cm³/mol. The molecule has 1 amide bonds. The van der Waals surface area contributed by atoms with Crippen molar-refractivity contribution in [1.29, 1.82) is 0 Å². The molecule has 122 valence electrons. The Morgan fingerprint density at radius 2 is 1.96 bits per heavy atom. The summed E-state index contributed by atoms with van der Waals surface area (Å²) in [5.41, 5.74) is 6.53. The number of H-pyrrole nitrogens is 1. The average Bonchev–Trinajstić information content (AvgIpc) is 2.58. The number of hydrogen-bond donors (Lipinski definition) is 2. The zero-order chi connectivity index (χ0) is 16.2. The third kappa shape index (κ3) is 3.59. The first-order valence-electron chi connectivity index (χ1n) is 8.15. The number of aromatic nitrogens is 2. The van der Waals surface area contributed by atoms with Crippen molar-refractivity contribution >= 4 is 16.7 Å². The van der Waals surface area contributed by atoms with Gasteiger partial charge in [-0.1, -0.05) is 18.2 Å². The van der Waals surface area contributed by atoms with E-state index in [1.54, 1.807) is 6.07 Å². The number of hydrogen-bond acceptors (Lipinski definition) is 4. The van der Waals surface area contributed by atoms with E-state index in [1.165, 1.54) is 0 Å². The van der Waals surface area contributed by atoms with Crippen LogP contribution in [0.2, 0.25) is 0 Å². The van der Waals surface area contributed by atoms with Gasteiger partial charge in [-0.2, -0.15) is 5.10 Å². The number of likely N-dealkylation sites (tertiary alicyclic amines) is 1. The Bertz CT molecular complexity index is 748. The van der Waals surface area contributed by atoms with E-state index < -0.39 is 0 Å². The number of benzene rings is 1. The molecule has 1 saturated heterocycles. The molecule has 1 aromatic heterocycles. The summed E-state index contributed by atoms with van der Waals surface area (Å²) >= 11 is 0. The first-order chi connectivity index (χ1) is 11.1. The van der Waals surface area contributed by atoms with E-state index in [9.17, 15) is 9.59 Å². The predicted octanol–water partition coefficient (Wildman–Crippen LogP) is 1.20. The molecule has 1 aliphatic rings. The summed E-state index contributed by atoms with van der Waals surface area (Å²) in [6.07, 6.45) is 3.68. The van der Waals surface area contributed by atoms with Gasteiger partial charge in [0.1, 0.15) is 0 Å². The molecule has 0 aliphatic carbocycles. The van der Waals surface area contributed by atoms with Crippen LogP contribution in [-0.2, 0) is 11.2 Å². The molecule has 23 heavy (non-hydrogen) atoms. The second kappa shape index (κ2) is 6.91. The molecule has 6 nitrogen and oxygen atoms in total. The molecule has 0 atom stereocenters. The molecule has 3 N–H and O–H groups in total. The SMILES string of the molecule is NC1CCN(C(=O)CCCc2n[nH]c(=O)c3ccccc23)CC1. The van der Waals surface area contributed by atoms with Crippen LogP contribution in [0, 0.1) is 0 Å². The molecule has 6 heteroatoms. The van der Waals surface area contributed by atoms with Crippen molar-refractivity contribution in [2.75, 3.05) is 13.1 Å². The normalized spacial score (nSPS) is 16.0. The van der Waals surface area contributed by atoms with Gasteiger partial charge < -0.3 is 10.6 Å². The van der Waals surface area contributed by atoms with Gasteiger partial charge in [-0.3, -0.25) is 9.59 Å². The van der Waals surface area contributed by atoms with Crippen LogP contribution in [0.1, 0.15) is 31.4 Å². The van der Waals surface area contributed by atoms with Gasteiger partial charge >= 0.3 is 0 Å². The van der Waals surface area contributed by atoms with E-state index in [-0.39, 0.29) is 17.5 Å². The minimum atomic E-state index is -0.176. The number of nitrogens with zero attached hydrogens (tertiary/aromatic N) is 2. The Balaban J connectivity index is 1.60. The number of rotatable bonds is 4. The number of fused-ring (bicyclic) bond motifs is 1. The molecule has 2 aromatic rings. The van der Waals surface area contributed by atoms with E-state index in [0.29, 0.717) is 18.2 Å². The highest BCUT2D eigenvalue weighted by atomic mass is 16.2. The molecule has 0 spiro atoms. The minimum absolute atomic E-state index is 0.176. The van der Waals surface area contributed by atoms with Crippen molar-refractivity contribution in [3.05, 3.63) is 40.3 Å². The standard InChI is InChI=1S/C17H22N4O2/c18-12-8-10-21(11-9-12)16(22)7-3-6-15-13-4-1-2-5-14(13)17(23)20-19-15/h1-2,4-5,12H,3,6-11,18H2,(H,20,23). The number of piperidine rings is 1. The quantitative estimate of drug-likeness (QED) is 0.887. The maximum Gasteiger partial charge on any atom is 0.272 e. The van der Waals surface area contributed by atoms with Gasteiger partial charge in [0.05, 0.1) is 11.1 Å². The van der Waals surface area contributed by atoms with Gasteiger partial charge in [-0.05, 0) is 31.7 Å². The topological polar surface area (TPSA) is 92.1 Å². The van der Waals surface area contributed by atoms with Crippen LogP contribution in [0.4, 0.5) is 0 Å². The molecule has 2 heterocycles. The second-order valence-electron chi connectivity index (χ2n) is 6.12. The number of nitrogens with one attached hydrogen (secondary N) is 1. The smallest absolute Gasteiger partial charge is 0.272 e. The monoisotopic (exact) mass is 314 g/mol. The van der Waals surface area contributed by atoms with Crippen molar-refractivity contribution in [2.24, 2.45) is 5.73 Å². The third-order valence-corrected chi connectivity index (χ3v) is 4.47. The molecule has 0 bridgehead atoms. The number of carbonyl (C=O) groups is 1. The summed E-state index contributed by atoms with van der Waals surface area (Å²) in [7, 11) is 0. The number of aromatic amines is 1. The van der Waals surface area contributed by atoms with Crippen molar-refractivity contribution in [1.82, 2.24) is 15.1 Å². The van der Waals surface area contributed by atoms with Gasteiger partial charge in [-0.25, -0.2) is 5.10 Å². The highest BCUT2D eigenvalue weighted by Crippen LogP contribution is 2.16. The number of aryl methyl sites for hydroxylation is 1. The van der Waals surface area contributed by atoms with Crippen LogP contribution in [0.15, 0.2) is 29.1 Å². The Kier molecular flexibility index (Phi) is 4.71. The lowest BCUT2D eigenvalue weighted by Crippen LogP contribution is -2.42. The largest absolute Gasteiger partial charge is 0.343 e. The molecule has 0 radical (unpaired) electrons.